The molecule has 2 N–H and O–H groups in total. The first-order valence-electron chi connectivity index (χ1n) is 10.5. The third-order valence-corrected chi connectivity index (χ3v) is 5.84. The van der Waals surface area contributed by atoms with Gasteiger partial charge in [0.05, 0.1) is 18.3 Å². The van der Waals surface area contributed by atoms with Gasteiger partial charge in [-0.3, -0.25) is 14.4 Å². The van der Waals surface area contributed by atoms with Gasteiger partial charge in [-0.1, -0.05) is 11.6 Å². The van der Waals surface area contributed by atoms with Crippen molar-refractivity contribution in [3.05, 3.63) is 45.8 Å². The number of nitrogens with one attached hydrogen (secondary N) is 2. The molecule has 178 valence electrons. The van der Waals surface area contributed by atoms with E-state index >= 15 is 0 Å². The van der Waals surface area contributed by atoms with Gasteiger partial charge in [0.15, 0.2) is 18.2 Å². The second-order valence-electron chi connectivity index (χ2n) is 7.84. The van der Waals surface area contributed by atoms with Gasteiger partial charge in [-0.15, -0.1) is 0 Å². The zero-order chi connectivity index (χ0) is 24.4. The van der Waals surface area contributed by atoms with Crippen LogP contribution in [0, 0.1) is 0 Å². The first-order chi connectivity index (χ1) is 16.3. The van der Waals surface area contributed by atoms with Crippen LogP contribution in [0.1, 0.15) is 0 Å². The van der Waals surface area contributed by atoms with Crippen LogP contribution in [0.2, 0.25) is 5.02 Å². The van der Waals surface area contributed by atoms with Crippen molar-refractivity contribution in [2.24, 2.45) is 7.05 Å². The molecule has 1 aromatic carbocycles. The molecule has 1 saturated heterocycles. The molecule has 3 aromatic rings. The number of carbonyl (C=O) groups is 2. The van der Waals surface area contributed by atoms with Crippen LogP contribution in [0.3, 0.4) is 0 Å². The molecule has 2 amide bonds. The fraction of sp³-hybridized carbons (Fsp3) is 0.318. The molecule has 2 aromatic heterocycles. The molecule has 1 aliphatic heterocycles. The van der Waals surface area contributed by atoms with Crippen LogP contribution in [-0.4, -0.2) is 71.6 Å². The summed E-state index contributed by atoms with van der Waals surface area (Å²) in [4.78, 5) is 48.4. The summed E-state index contributed by atoms with van der Waals surface area (Å²) in [5.41, 5.74) is 1.01. The third-order valence-electron chi connectivity index (χ3n) is 5.56. The lowest BCUT2D eigenvalue weighted by molar-refractivity contribution is -0.129. The first kappa shape index (κ1) is 23.3. The Morgan fingerprint density at radius 3 is 2.74 bits per heavy atom. The van der Waals surface area contributed by atoms with Gasteiger partial charge in [0.1, 0.15) is 5.02 Å². The number of rotatable bonds is 6. The number of pyridine rings is 1. The summed E-state index contributed by atoms with van der Waals surface area (Å²) in [6.45, 7) is 1.14. The van der Waals surface area contributed by atoms with Crippen LogP contribution in [0.5, 0.6) is 5.75 Å². The molecule has 0 radical (unpaired) electrons. The molecule has 0 saturated carbocycles. The van der Waals surface area contributed by atoms with E-state index in [0.717, 1.165) is 0 Å². The topological polar surface area (TPSA) is 122 Å². The Hall–Kier alpha value is -3.86. The van der Waals surface area contributed by atoms with E-state index in [1.165, 1.54) is 17.8 Å². The van der Waals surface area contributed by atoms with E-state index in [1.807, 2.05) is 6.07 Å². The largest absolute Gasteiger partial charge is 0.478 e. The number of nitrogens with zero attached hydrogens (tertiary/aromatic N) is 5. The molecule has 34 heavy (non-hydrogen) atoms. The van der Waals surface area contributed by atoms with Gasteiger partial charge in [0.2, 0.25) is 11.9 Å². The summed E-state index contributed by atoms with van der Waals surface area (Å²) >= 11 is 6.33. The number of piperazine rings is 1. The standard InChI is InChI=1S/C22H24ClN7O4/c1-24-18(31)12-34-17-9-13-8-14(4-5-16(13)29(3)21(17)33)26-20-15(23)10-25-22(27-20)30-7-6-28(2)19(32)11-30/h4-5,8-10H,6-7,11-12H2,1-3H3,(H,24,31)(H,25,26,27). The van der Waals surface area contributed by atoms with Gasteiger partial charge in [-0.25, -0.2) is 4.98 Å². The number of hydrogen-bond acceptors (Lipinski definition) is 8. The molecule has 11 nitrogen and oxygen atoms in total. The molecular formula is C22H24ClN7O4. The number of aryl methyl sites for hydroxylation is 1. The molecule has 0 unspecified atom stereocenters. The van der Waals surface area contributed by atoms with Gasteiger partial charge in [-0.2, -0.15) is 4.98 Å². The number of likely N-dealkylation sites (N-methyl/N-ethyl adjacent to an activating group) is 2. The predicted octanol–water partition coefficient (Wildman–Crippen LogP) is 1.13. The van der Waals surface area contributed by atoms with E-state index in [9.17, 15) is 14.4 Å². The van der Waals surface area contributed by atoms with Crippen LogP contribution in [0.15, 0.2) is 35.3 Å². The maximum Gasteiger partial charge on any atom is 0.293 e. The number of carbonyl (C=O) groups excluding carboxylic acids is 2. The Morgan fingerprint density at radius 2 is 2.00 bits per heavy atom. The molecule has 0 spiro atoms. The molecule has 0 atom stereocenters. The lowest BCUT2D eigenvalue weighted by Gasteiger charge is -2.32. The van der Waals surface area contributed by atoms with Crippen LogP contribution in [0.4, 0.5) is 17.5 Å². The number of benzene rings is 1. The monoisotopic (exact) mass is 485 g/mol. The molecule has 4 rings (SSSR count). The molecule has 1 fully saturated rings. The minimum Gasteiger partial charge on any atom is -0.478 e. The zero-order valence-electron chi connectivity index (χ0n) is 19.0. The highest BCUT2D eigenvalue weighted by Gasteiger charge is 2.23. The number of anilines is 3. The van der Waals surface area contributed by atoms with E-state index in [1.54, 1.807) is 42.1 Å². The quantitative estimate of drug-likeness (QED) is 0.533. The molecule has 1 aliphatic rings. The minimum absolute atomic E-state index is 0.00566. The molecule has 3 heterocycles. The SMILES string of the molecule is CNC(=O)COc1cc2cc(Nc3nc(N4CCN(C)C(=O)C4)ncc3Cl)ccc2n(C)c1=O. The Bertz CT molecular complexity index is 1330. The maximum atomic E-state index is 12.6. The highest BCUT2D eigenvalue weighted by Crippen LogP contribution is 2.28. The van der Waals surface area contributed by atoms with Gasteiger partial charge < -0.3 is 29.7 Å². The van der Waals surface area contributed by atoms with Crippen molar-refractivity contribution in [2.45, 2.75) is 0 Å². The van der Waals surface area contributed by atoms with Crippen molar-refractivity contribution in [3.63, 3.8) is 0 Å². The van der Waals surface area contributed by atoms with Crippen LogP contribution < -0.4 is 25.8 Å². The Morgan fingerprint density at radius 1 is 1.21 bits per heavy atom. The molecule has 0 aliphatic carbocycles. The van der Waals surface area contributed by atoms with Crippen molar-refractivity contribution < 1.29 is 14.3 Å². The van der Waals surface area contributed by atoms with E-state index in [0.29, 0.717) is 46.5 Å². The second kappa shape index (κ2) is 9.56. The number of aromatic nitrogens is 3. The highest BCUT2D eigenvalue weighted by atomic mass is 35.5. The van der Waals surface area contributed by atoms with Gasteiger partial charge in [-0.05, 0) is 24.3 Å². The smallest absolute Gasteiger partial charge is 0.293 e. The number of halogens is 1. The predicted molar refractivity (Wildman–Crippen MR) is 129 cm³/mol. The zero-order valence-corrected chi connectivity index (χ0v) is 19.7. The highest BCUT2D eigenvalue weighted by molar-refractivity contribution is 6.32. The average Bonchev–Trinajstić information content (AvgIpc) is 2.83. The molecular weight excluding hydrogens is 462 g/mol. The van der Waals surface area contributed by atoms with Crippen molar-refractivity contribution in [2.75, 3.05) is 50.6 Å². The first-order valence-corrected chi connectivity index (χ1v) is 10.9. The summed E-state index contributed by atoms with van der Waals surface area (Å²) in [5, 5.41) is 6.66. The Balaban J connectivity index is 1.62. The van der Waals surface area contributed by atoms with Crippen LogP contribution >= 0.6 is 11.6 Å². The summed E-state index contributed by atoms with van der Waals surface area (Å²) in [6.07, 6.45) is 1.49. The van der Waals surface area contributed by atoms with Gasteiger partial charge in [0, 0.05) is 45.3 Å². The van der Waals surface area contributed by atoms with Crippen LogP contribution in [0.25, 0.3) is 10.9 Å². The number of hydrogen-bond donors (Lipinski definition) is 2. The van der Waals surface area contributed by atoms with Crippen molar-refractivity contribution in [1.82, 2.24) is 24.8 Å². The summed E-state index contributed by atoms with van der Waals surface area (Å²) in [5.74, 6) is 0.514. The fourth-order valence-electron chi connectivity index (χ4n) is 3.51. The summed E-state index contributed by atoms with van der Waals surface area (Å²) < 4.78 is 6.87. The van der Waals surface area contributed by atoms with Crippen molar-refractivity contribution in [3.8, 4) is 5.75 Å². The van der Waals surface area contributed by atoms with E-state index < -0.39 is 0 Å². The van der Waals surface area contributed by atoms with Gasteiger partial charge in [0.25, 0.3) is 11.5 Å². The lowest BCUT2D eigenvalue weighted by Crippen LogP contribution is -2.49. The molecule has 12 heteroatoms. The average molecular weight is 486 g/mol. The second-order valence-corrected chi connectivity index (χ2v) is 8.24. The Labute approximate surface area is 200 Å². The number of ether oxygens (including phenoxy) is 1. The van der Waals surface area contributed by atoms with E-state index in [4.69, 9.17) is 16.3 Å². The number of fused-ring (bicyclic) bond motifs is 1. The minimum atomic E-state index is -0.345. The van der Waals surface area contributed by atoms with Crippen molar-refractivity contribution in [1.29, 1.82) is 0 Å². The maximum absolute atomic E-state index is 12.6. The Kier molecular flexibility index (Phi) is 6.55. The summed E-state index contributed by atoms with van der Waals surface area (Å²) in [6, 6.07) is 6.99. The lowest BCUT2D eigenvalue weighted by atomic mass is 10.2. The van der Waals surface area contributed by atoms with Crippen molar-refractivity contribution >= 4 is 51.8 Å². The summed E-state index contributed by atoms with van der Waals surface area (Å²) in [7, 11) is 4.89. The molecule has 0 bridgehead atoms. The third kappa shape index (κ3) is 4.74. The van der Waals surface area contributed by atoms with Crippen LogP contribution in [-0.2, 0) is 16.6 Å². The van der Waals surface area contributed by atoms with E-state index in [2.05, 4.69) is 20.6 Å². The fourth-order valence-corrected chi connectivity index (χ4v) is 3.65. The number of amides is 2. The normalized spacial score (nSPS) is 13.8. The van der Waals surface area contributed by atoms with Gasteiger partial charge >= 0.3 is 0 Å². The van der Waals surface area contributed by atoms with E-state index in [-0.39, 0.29) is 36.3 Å².